The lowest BCUT2D eigenvalue weighted by Gasteiger charge is -2.13. The second-order valence-electron chi connectivity index (χ2n) is 4.59. The molecule has 0 saturated carbocycles. The van der Waals surface area contributed by atoms with Gasteiger partial charge in [-0.3, -0.25) is 4.98 Å². The van der Waals surface area contributed by atoms with Gasteiger partial charge in [-0.25, -0.2) is 0 Å². The molecule has 0 aliphatic heterocycles. The van der Waals surface area contributed by atoms with E-state index in [0.29, 0.717) is 6.42 Å². The van der Waals surface area contributed by atoms with Crippen molar-refractivity contribution in [3.8, 4) is 0 Å². The van der Waals surface area contributed by atoms with E-state index in [1.807, 2.05) is 36.4 Å². The van der Waals surface area contributed by atoms with Crippen molar-refractivity contribution in [1.82, 2.24) is 4.98 Å². The Hall–Kier alpha value is -1.66. The van der Waals surface area contributed by atoms with Gasteiger partial charge < -0.3 is 10.5 Å². The van der Waals surface area contributed by atoms with Gasteiger partial charge in [-0.2, -0.15) is 13.2 Å². The number of nitrogens with zero attached hydrogens (tertiary/aromatic N) is 1. The SMILES string of the molecule is NC(COCC(F)(F)F)Cc1ccc2ccccc2n1. The molecule has 2 rings (SSSR count). The Bertz CT molecular complexity index is 572. The average Bonchev–Trinajstić information content (AvgIpc) is 2.37. The van der Waals surface area contributed by atoms with E-state index in [2.05, 4.69) is 9.72 Å². The van der Waals surface area contributed by atoms with Crippen molar-refractivity contribution >= 4 is 10.9 Å². The van der Waals surface area contributed by atoms with Crippen LogP contribution in [0.4, 0.5) is 13.2 Å². The molecule has 0 aliphatic rings. The van der Waals surface area contributed by atoms with E-state index in [4.69, 9.17) is 5.73 Å². The van der Waals surface area contributed by atoms with Gasteiger partial charge in [0.15, 0.2) is 0 Å². The summed E-state index contributed by atoms with van der Waals surface area (Å²) >= 11 is 0. The van der Waals surface area contributed by atoms with E-state index < -0.39 is 18.8 Å². The van der Waals surface area contributed by atoms with Crippen molar-refractivity contribution in [2.75, 3.05) is 13.2 Å². The molecule has 6 heteroatoms. The Balaban J connectivity index is 1.91. The highest BCUT2D eigenvalue weighted by molar-refractivity contribution is 5.78. The summed E-state index contributed by atoms with van der Waals surface area (Å²) < 4.78 is 40.3. The van der Waals surface area contributed by atoms with Gasteiger partial charge in [-0.15, -0.1) is 0 Å². The number of nitrogens with two attached hydrogens (primary N) is 1. The van der Waals surface area contributed by atoms with E-state index in [1.54, 1.807) is 0 Å². The zero-order chi connectivity index (χ0) is 14.6. The van der Waals surface area contributed by atoms with Crippen LogP contribution in [0.1, 0.15) is 5.69 Å². The smallest absolute Gasteiger partial charge is 0.370 e. The molecular formula is C14H15F3N2O. The number of benzene rings is 1. The van der Waals surface area contributed by atoms with Crippen LogP contribution in [-0.4, -0.2) is 30.4 Å². The Labute approximate surface area is 114 Å². The van der Waals surface area contributed by atoms with Crippen LogP contribution in [-0.2, 0) is 11.2 Å². The maximum Gasteiger partial charge on any atom is 0.411 e. The van der Waals surface area contributed by atoms with E-state index in [9.17, 15) is 13.2 Å². The first-order valence-corrected chi connectivity index (χ1v) is 6.19. The van der Waals surface area contributed by atoms with Crippen LogP contribution < -0.4 is 5.73 Å². The molecule has 3 nitrogen and oxygen atoms in total. The molecule has 1 atom stereocenters. The van der Waals surface area contributed by atoms with E-state index in [0.717, 1.165) is 16.6 Å². The molecule has 2 aromatic rings. The van der Waals surface area contributed by atoms with Crippen molar-refractivity contribution in [3.05, 3.63) is 42.1 Å². The fourth-order valence-corrected chi connectivity index (χ4v) is 1.88. The Morgan fingerprint density at radius 1 is 1.15 bits per heavy atom. The molecule has 0 aliphatic carbocycles. The number of ether oxygens (including phenoxy) is 1. The number of aromatic nitrogens is 1. The van der Waals surface area contributed by atoms with Gasteiger partial charge in [-0.1, -0.05) is 24.3 Å². The third-order valence-electron chi connectivity index (χ3n) is 2.73. The summed E-state index contributed by atoms with van der Waals surface area (Å²) in [5.41, 5.74) is 7.33. The Kier molecular flexibility index (Phi) is 4.57. The minimum Gasteiger partial charge on any atom is -0.370 e. The highest BCUT2D eigenvalue weighted by Gasteiger charge is 2.27. The van der Waals surface area contributed by atoms with Crippen LogP contribution in [0.2, 0.25) is 0 Å². The van der Waals surface area contributed by atoms with E-state index in [-0.39, 0.29) is 6.61 Å². The average molecular weight is 284 g/mol. The maximum atomic E-state index is 11.9. The second-order valence-corrected chi connectivity index (χ2v) is 4.59. The number of para-hydroxylation sites is 1. The molecule has 20 heavy (non-hydrogen) atoms. The fourth-order valence-electron chi connectivity index (χ4n) is 1.88. The van der Waals surface area contributed by atoms with Crippen LogP contribution in [0.15, 0.2) is 36.4 Å². The number of hydrogen-bond donors (Lipinski definition) is 1. The molecule has 0 amide bonds. The largest absolute Gasteiger partial charge is 0.411 e. The number of hydrogen-bond acceptors (Lipinski definition) is 3. The van der Waals surface area contributed by atoms with Gasteiger partial charge >= 0.3 is 6.18 Å². The van der Waals surface area contributed by atoms with Crippen molar-refractivity contribution in [1.29, 1.82) is 0 Å². The molecule has 1 aromatic carbocycles. The second kappa shape index (κ2) is 6.19. The molecule has 0 bridgehead atoms. The van der Waals surface area contributed by atoms with Crippen LogP contribution in [0.5, 0.6) is 0 Å². The predicted molar refractivity (Wildman–Crippen MR) is 70.3 cm³/mol. The first kappa shape index (κ1) is 14.7. The van der Waals surface area contributed by atoms with Gasteiger partial charge in [-0.05, 0) is 12.1 Å². The van der Waals surface area contributed by atoms with Crippen LogP contribution in [0, 0.1) is 0 Å². The van der Waals surface area contributed by atoms with Gasteiger partial charge in [0.25, 0.3) is 0 Å². The topological polar surface area (TPSA) is 48.1 Å². The van der Waals surface area contributed by atoms with Crippen molar-refractivity contribution < 1.29 is 17.9 Å². The molecule has 0 spiro atoms. The van der Waals surface area contributed by atoms with Crippen molar-refractivity contribution in [3.63, 3.8) is 0 Å². The lowest BCUT2D eigenvalue weighted by molar-refractivity contribution is -0.174. The molecule has 108 valence electrons. The van der Waals surface area contributed by atoms with Gasteiger partial charge in [0.2, 0.25) is 0 Å². The lowest BCUT2D eigenvalue weighted by Crippen LogP contribution is -2.31. The minimum absolute atomic E-state index is 0.145. The Morgan fingerprint density at radius 3 is 2.65 bits per heavy atom. The molecule has 1 unspecified atom stereocenters. The first-order valence-electron chi connectivity index (χ1n) is 6.19. The molecule has 0 fully saturated rings. The van der Waals surface area contributed by atoms with Crippen LogP contribution in [0.25, 0.3) is 10.9 Å². The molecule has 0 radical (unpaired) electrons. The molecule has 1 heterocycles. The minimum atomic E-state index is -4.32. The summed E-state index contributed by atoms with van der Waals surface area (Å²) in [4.78, 5) is 4.41. The summed E-state index contributed by atoms with van der Waals surface area (Å²) in [6, 6.07) is 10.9. The molecular weight excluding hydrogens is 269 g/mol. The first-order chi connectivity index (χ1) is 9.44. The molecule has 1 aromatic heterocycles. The van der Waals surface area contributed by atoms with Crippen molar-refractivity contribution in [2.24, 2.45) is 5.73 Å². The zero-order valence-corrected chi connectivity index (χ0v) is 10.7. The highest BCUT2D eigenvalue weighted by atomic mass is 19.4. The number of halogens is 3. The third kappa shape index (κ3) is 4.47. The highest BCUT2D eigenvalue weighted by Crippen LogP contribution is 2.15. The number of alkyl halides is 3. The molecule has 2 N–H and O–H groups in total. The number of pyridine rings is 1. The summed E-state index contributed by atoms with van der Waals surface area (Å²) in [7, 11) is 0. The summed E-state index contributed by atoms with van der Waals surface area (Å²) in [6.07, 6.45) is -3.94. The van der Waals surface area contributed by atoms with E-state index in [1.165, 1.54) is 0 Å². The third-order valence-corrected chi connectivity index (χ3v) is 2.73. The predicted octanol–water partition coefficient (Wildman–Crippen LogP) is 2.68. The summed E-state index contributed by atoms with van der Waals surface area (Å²) in [5.74, 6) is 0. The van der Waals surface area contributed by atoms with Crippen LogP contribution in [0.3, 0.4) is 0 Å². The van der Waals surface area contributed by atoms with Gasteiger partial charge in [0.1, 0.15) is 6.61 Å². The maximum absolute atomic E-state index is 11.9. The summed E-state index contributed by atoms with van der Waals surface area (Å²) in [6.45, 7) is -1.42. The van der Waals surface area contributed by atoms with Gasteiger partial charge in [0.05, 0.1) is 12.1 Å². The van der Waals surface area contributed by atoms with Gasteiger partial charge in [0, 0.05) is 23.5 Å². The molecule has 0 saturated heterocycles. The fraction of sp³-hybridized carbons (Fsp3) is 0.357. The number of rotatable bonds is 5. The number of fused-ring (bicyclic) bond motifs is 1. The monoisotopic (exact) mass is 284 g/mol. The Morgan fingerprint density at radius 2 is 1.90 bits per heavy atom. The standard InChI is InChI=1S/C14H15F3N2O/c15-14(16,17)9-20-8-11(18)7-12-6-5-10-3-1-2-4-13(10)19-12/h1-6,11H,7-9,18H2. The van der Waals surface area contributed by atoms with Crippen molar-refractivity contribution in [2.45, 2.75) is 18.6 Å². The zero-order valence-electron chi connectivity index (χ0n) is 10.7. The van der Waals surface area contributed by atoms with Crippen LogP contribution >= 0.6 is 0 Å². The van der Waals surface area contributed by atoms with E-state index >= 15 is 0 Å². The quantitative estimate of drug-likeness (QED) is 0.918. The lowest BCUT2D eigenvalue weighted by atomic mass is 10.1. The normalized spacial score (nSPS) is 13.6. The summed E-state index contributed by atoms with van der Waals surface area (Å²) in [5, 5.41) is 1.01.